The molecular formula is C44H53ClN8O3. The van der Waals surface area contributed by atoms with Gasteiger partial charge in [-0.3, -0.25) is 24.6 Å². The minimum atomic E-state index is -0.378. The zero-order valence-electron chi connectivity index (χ0n) is 32.4. The van der Waals surface area contributed by atoms with Crippen molar-refractivity contribution in [3.05, 3.63) is 82.9 Å². The largest absolute Gasteiger partial charge is 0.374 e. The van der Waals surface area contributed by atoms with Crippen LogP contribution in [0.15, 0.2) is 66.7 Å². The Morgan fingerprint density at radius 1 is 0.857 bits per heavy atom. The molecule has 56 heavy (non-hydrogen) atoms. The van der Waals surface area contributed by atoms with Gasteiger partial charge in [-0.05, 0) is 124 Å². The number of piperidine rings is 3. The number of nitrogens with zero attached hydrogens (tertiary/aromatic N) is 6. The summed E-state index contributed by atoms with van der Waals surface area (Å²) in [7, 11) is 0. The van der Waals surface area contributed by atoms with Crippen molar-refractivity contribution >= 4 is 52.1 Å². The Balaban J connectivity index is 0.752. The molecule has 294 valence electrons. The van der Waals surface area contributed by atoms with Crippen LogP contribution in [0.1, 0.15) is 67.8 Å². The first-order chi connectivity index (χ1) is 27.1. The van der Waals surface area contributed by atoms with E-state index < -0.39 is 0 Å². The van der Waals surface area contributed by atoms with Gasteiger partial charge in [-0.25, -0.2) is 0 Å². The summed E-state index contributed by atoms with van der Waals surface area (Å²) in [6.45, 7) is 12.0. The lowest BCUT2D eigenvalue weighted by atomic mass is 9.76. The van der Waals surface area contributed by atoms with E-state index in [-0.39, 0.29) is 29.2 Å². The van der Waals surface area contributed by atoms with Crippen molar-refractivity contribution < 1.29 is 14.4 Å². The number of amides is 3. The van der Waals surface area contributed by atoms with Crippen LogP contribution in [0.3, 0.4) is 0 Å². The normalized spacial score (nSPS) is 23.3. The van der Waals surface area contributed by atoms with Gasteiger partial charge in [-0.1, -0.05) is 11.6 Å². The predicted molar refractivity (Wildman–Crippen MR) is 221 cm³/mol. The van der Waals surface area contributed by atoms with Crippen LogP contribution in [-0.4, -0.2) is 105 Å². The lowest BCUT2D eigenvalue weighted by Crippen LogP contribution is -2.49. The summed E-state index contributed by atoms with van der Waals surface area (Å²) in [5.41, 5.74) is 5.93. The van der Waals surface area contributed by atoms with E-state index in [0.29, 0.717) is 35.4 Å². The third-order valence-electron chi connectivity index (χ3n) is 13.1. The number of piperazine rings is 1. The first-order valence-corrected chi connectivity index (χ1v) is 20.8. The Morgan fingerprint density at radius 3 is 2.14 bits per heavy atom. The Hall–Kier alpha value is -4.79. The Labute approximate surface area is 335 Å². The molecule has 12 heteroatoms. The molecule has 3 amide bonds. The van der Waals surface area contributed by atoms with Gasteiger partial charge >= 0.3 is 0 Å². The number of rotatable bonds is 8. The summed E-state index contributed by atoms with van der Waals surface area (Å²) in [6, 6.07) is 24.6. The maximum atomic E-state index is 13.5. The van der Waals surface area contributed by atoms with Crippen LogP contribution in [0.4, 0.5) is 22.7 Å². The number of carbonyl (C=O) groups excluding carboxylic acids is 3. The minimum absolute atomic E-state index is 0.141. The molecule has 2 atom stereocenters. The van der Waals surface area contributed by atoms with Crippen molar-refractivity contribution in [3.63, 3.8) is 0 Å². The quantitative estimate of drug-likeness (QED) is 0.267. The average Bonchev–Trinajstić information content (AvgIpc) is 3.54. The molecule has 5 fully saturated rings. The fourth-order valence-electron chi connectivity index (χ4n) is 9.71. The van der Waals surface area contributed by atoms with Crippen molar-refractivity contribution in [2.75, 3.05) is 85.5 Å². The number of likely N-dealkylation sites (tertiary alicyclic amines) is 1. The fourth-order valence-corrected chi connectivity index (χ4v) is 9.93. The smallest absolute Gasteiger partial charge is 0.253 e. The second kappa shape index (κ2) is 16.4. The molecule has 0 aliphatic carbocycles. The summed E-state index contributed by atoms with van der Waals surface area (Å²) in [5, 5.41) is 15.5. The summed E-state index contributed by atoms with van der Waals surface area (Å²) in [6.07, 6.45) is 6.37. The Bertz CT molecular complexity index is 1940. The molecule has 5 heterocycles. The predicted octanol–water partition coefficient (Wildman–Crippen LogP) is 5.99. The molecule has 3 aromatic rings. The third kappa shape index (κ3) is 8.33. The van der Waals surface area contributed by atoms with Crippen LogP contribution < -0.4 is 25.3 Å². The topological polar surface area (TPSA) is 115 Å². The second-order valence-electron chi connectivity index (χ2n) is 16.7. The van der Waals surface area contributed by atoms with Crippen LogP contribution in [-0.2, 0) is 9.59 Å². The van der Waals surface area contributed by atoms with E-state index in [0.717, 1.165) is 114 Å². The zero-order chi connectivity index (χ0) is 38.8. The molecule has 2 N–H and O–H groups in total. The lowest BCUT2D eigenvalue weighted by Gasteiger charge is -2.40. The molecule has 1 spiro atoms. The van der Waals surface area contributed by atoms with Gasteiger partial charge in [0.15, 0.2) is 0 Å². The van der Waals surface area contributed by atoms with Gasteiger partial charge in [0.1, 0.15) is 12.1 Å². The summed E-state index contributed by atoms with van der Waals surface area (Å²) in [4.78, 5) is 49.1. The van der Waals surface area contributed by atoms with Crippen molar-refractivity contribution in [2.45, 2.75) is 64.0 Å². The molecule has 8 rings (SSSR count). The maximum absolute atomic E-state index is 13.5. The van der Waals surface area contributed by atoms with Gasteiger partial charge in [0, 0.05) is 106 Å². The number of imide groups is 1. The Kier molecular flexibility index (Phi) is 11.1. The number of hydrogen-bond acceptors (Lipinski definition) is 9. The molecule has 5 aliphatic heterocycles. The first kappa shape index (κ1) is 38.1. The zero-order valence-corrected chi connectivity index (χ0v) is 33.1. The van der Waals surface area contributed by atoms with Gasteiger partial charge in [-0.15, -0.1) is 0 Å². The van der Waals surface area contributed by atoms with E-state index in [1.54, 1.807) is 0 Å². The van der Waals surface area contributed by atoms with Crippen LogP contribution in [0.5, 0.6) is 0 Å². The van der Waals surface area contributed by atoms with E-state index in [1.807, 2.05) is 47.4 Å². The highest BCUT2D eigenvalue weighted by atomic mass is 35.5. The molecule has 5 aliphatic rings. The van der Waals surface area contributed by atoms with Gasteiger partial charge in [0.05, 0.1) is 10.6 Å². The number of nitrogens with one attached hydrogen (secondary N) is 2. The van der Waals surface area contributed by atoms with Crippen LogP contribution in [0, 0.1) is 22.7 Å². The minimum Gasteiger partial charge on any atom is -0.374 e. The maximum Gasteiger partial charge on any atom is 0.253 e. The van der Waals surface area contributed by atoms with Crippen molar-refractivity contribution in [1.82, 2.24) is 15.1 Å². The van der Waals surface area contributed by atoms with Crippen LogP contribution in [0.2, 0.25) is 5.02 Å². The number of carbonyl (C=O) groups is 3. The third-order valence-corrected chi connectivity index (χ3v) is 13.4. The highest BCUT2D eigenvalue weighted by Crippen LogP contribution is 2.46. The summed E-state index contributed by atoms with van der Waals surface area (Å²) in [5.74, 6) is 0.283. The number of nitriles is 1. The number of benzene rings is 3. The molecule has 0 radical (unpaired) electrons. The van der Waals surface area contributed by atoms with E-state index in [9.17, 15) is 19.6 Å². The van der Waals surface area contributed by atoms with Gasteiger partial charge in [0.2, 0.25) is 11.8 Å². The molecule has 3 aromatic carbocycles. The number of halogens is 1. The SMILES string of the molecule is CC1CC2(CCN(c3ccc(C(=O)N4CCC(CN5CCN(c6ccc(NC7CCC(=O)NC7=O)cc6)CC5)CC4)cc3)CC2)CN1c1ccc(C#N)c(Cl)c1. The Morgan fingerprint density at radius 2 is 1.50 bits per heavy atom. The van der Waals surface area contributed by atoms with Gasteiger partial charge in [-0.2, -0.15) is 5.26 Å². The average molecular weight is 777 g/mol. The van der Waals surface area contributed by atoms with Gasteiger partial charge in [0.25, 0.3) is 5.91 Å². The van der Waals surface area contributed by atoms with Crippen molar-refractivity contribution in [3.8, 4) is 6.07 Å². The van der Waals surface area contributed by atoms with E-state index in [1.165, 1.54) is 11.4 Å². The monoisotopic (exact) mass is 776 g/mol. The highest BCUT2D eigenvalue weighted by molar-refractivity contribution is 6.32. The molecule has 2 unspecified atom stereocenters. The van der Waals surface area contributed by atoms with Crippen molar-refractivity contribution in [1.29, 1.82) is 5.26 Å². The summed E-state index contributed by atoms with van der Waals surface area (Å²) < 4.78 is 0. The van der Waals surface area contributed by atoms with E-state index in [4.69, 9.17) is 11.6 Å². The molecule has 11 nitrogen and oxygen atoms in total. The van der Waals surface area contributed by atoms with Crippen molar-refractivity contribution in [2.24, 2.45) is 11.3 Å². The number of anilines is 4. The van der Waals surface area contributed by atoms with Gasteiger partial charge < -0.3 is 24.9 Å². The van der Waals surface area contributed by atoms with E-state index in [2.05, 4.69) is 67.5 Å². The van der Waals surface area contributed by atoms with Crippen LogP contribution in [0.25, 0.3) is 0 Å². The number of hydrogen-bond donors (Lipinski definition) is 2. The highest BCUT2D eigenvalue weighted by Gasteiger charge is 2.44. The second-order valence-corrected chi connectivity index (χ2v) is 17.1. The summed E-state index contributed by atoms with van der Waals surface area (Å²) >= 11 is 6.38. The standard InChI is InChI=1S/C44H53ClN8O3/c1-31-27-44(30-53(31)38-9-4-34(28-46)39(45)26-38)16-20-50(21-17-44)36-7-2-33(3-8-36)43(56)52-18-14-32(15-19-52)29-49-22-24-51(25-23-49)37-10-5-35(6-11-37)47-40-12-13-41(54)48-42(40)55/h2-11,26,31-32,40,47H,12-25,27,29-30H2,1H3,(H,48,54,55). The molecule has 5 saturated heterocycles. The molecule has 0 bridgehead atoms. The lowest BCUT2D eigenvalue weighted by molar-refractivity contribution is -0.133. The molecule has 0 aromatic heterocycles. The molecule has 0 saturated carbocycles. The van der Waals surface area contributed by atoms with E-state index >= 15 is 0 Å². The fraction of sp³-hybridized carbons (Fsp3) is 0.500. The van der Waals surface area contributed by atoms with Crippen LogP contribution >= 0.6 is 11.6 Å². The molecular weight excluding hydrogens is 724 g/mol. The first-order valence-electron chi connectivity index (χ1n) is 20.4.